The summed E-state index contributed by atoms with van der Waals surface area (Å²) in [5, 5.41) is 5.48. The Morgan fingerprint density at radius 1 is 1.53 bits per heavy atom. The first-order valence-electron chi connectivity index (χ1n) is 6.15. The lowest BCUT2D eigenvalue weighted by molar-refractivity contribution is 0.190. The minimum Gasteiger partial charge on any atom is -0.317 e. The Bertz CT molecular complexity index is 455. The molecule has 1 N–H and O–H groups in total. The molecule has 92 valence electrons. The predicted octanol–water partition coefficient (Wildman–Crippen LogP) is 1.58. The van der Waals surface area contributed by atoms with Crippen LogP contribution < -0.4 is 5.32 Å². The number of aromatic nitrogens is 2. The van der Waals surface area contributed by atoms with E-state index in [9.17, 15) is 0 Å². The summed E-state index contributed by atoms with van der Waals surface area (Å²) in [4.78, 5) is 8.17. The third-order valence-electron chi connectivity index (χ3n) is 3.49. The van der Waals surface area contributed by atoms with Crippen LogP contribution in [0.1, 0.15) is 18.5 Å². The molecule has 3 heterocycles. The summed E-state index contributed by atoms with van der Waals surface area (Å²) in [5.41, 5.74) is 1.18. The molecule has 1 fully saturated rings. The largest absolute Gasteiger partial charge is 0.317 e. The average molecular weight is 250 g/mol. The fraction of sp³-hybridized carbons (Fsp3) is 0.583. The van der Waals surface area contributed by atoms with Crippen molar-refractivity contribution in [3.63, 3.8) is 0 Å². The summed E-state index contributed by atoms with van der Waals surface area (Å²) >= 11 is 1.69. The number of rotatable bonds is 3. The molecule has 0 unspecified atom stereocenters. The lowest BCUT2D eigenvalue weighted by Crippen LogP contribution is -2.40. The predicted molar refractivity (Wildman–Crippen MR) is 70.4 cm³/mol. The fourth-order valence-electron chi connectivity index (χ4n) is 2.48. The molecule has 0 amide bonds. The highest BCUT2D eigenvalue weighted by Gasteiger charge is 2.18. The lowest BCUT2D eigenvalue weighted by atomic mass is 10.1. The third-order valence-corrected chi connectivity index (χ3v) is 4.26. The maximum absolute atomic E-state index is 4.63. The van der Waals surface area contributed by atoms with Gasteiger partial charge in [-0.1, -0.05) is 0 Å². The maximum Gasteiger partial charge on any atom is 0.193 e. The minimum atomic E-state index is 0.705. The second kappa shape index (κ2) is 4.76. The molecule has 0 atom stereocenters. The van der Waals surface area contributed by atoms with Crippen molar-refractivity contribution < 1.29 is 0 Å². The van der Waals surface area contributed by atoms with Crippen molar-refractivity contribution in [3.05, 3.63) is 23.5 Å². The van der Waals surface area contributed by atoms with Crippen molar-refractivity contribution in [1.82, 2.24) is 19.6 Å². The maximum atomic E-state index is 4.63. The monoisotopic (exact) mass is 250 g/mol. The van der Waals surface area contributed by atoms with E-state index in [1.165, 1.54) is 18.5 Å². The summed E-state index contributed by atoms with van der Waals surface area (Å²) < 4.78 is 2.11. The second-order valence-electron chi connectivity index (χ2n) is 4.72. The zero-order chi connectivity index (χ0) is 11.7. The molecular weight excluding hydrogens is 232 g/mol. The SMILES string of the molecule is CN(Cc1cn2ccsc2n1)C1CCNCC1. The van der Waals surface area contributed by atoms with Crippen LogP contribution >= 0.6 is 11.3 Å². The molecular formula is C12H18N4S. The minimum absolute atomic E-state index is 0.705. The van der Waals surface area contributed by atoms with Crippen molar-refractivity contribution in [2.45, 2.75) is 25.4 Å². The molecule has 0 radical (unpaired) electrons. The molecule has 1 saturated heterocycles. The molecule has 1 aliphatic rings. The van der Waals surface area contributed by atoms with Gasteiger partial charge >= 0.3 is 0 Å². The van der Waals surface area contributed by atoms with Crippen LogP contribution in [0.15, 0.2) is 17.8 Å². The number of nitrogens with zero attached hydrogens (tertiary/aromatic N) is 3. The van der Waals surface area contributed by atoms with E-state index in [-0.39, 0.29) is 0 Å². The lowest BCUT2D eigenvalue weighted by Gasteiger charge is -2.31. The molecule has 2 aromatic rings. The van der Waals surface area contributed by atoms with Crippen molar-refractivity contribution in [2.75, 3.05) is 20.1 Å². The quantitative estimate of drug-likeness (QED) is 0.897. The van der Waals surface area contributed by atoms with Crippen LogP contribution in [0, 0.1) is 0 Å². The van der Waals surface area contributed by atoms with Gasteiger partial charge < -0.3 is 5.32 Å². The highest BCUT2D eigenvalue weighted by molar-refractivity contribution is 7.15. The van der Waals surface area contributed by atoms with Gasteiger partial charge in [0.15, 0.2) is 4.96 Å². The van der Waals surface area contributed by atoms with Crippen molar-refractivity contribution in [2.24, 2.45) is 0 Å². The molecule has 5 heteroatoms. The highest BCUT2D eigenvalue weighted by atomic mass is 32.1. The summed E-state index contributed by atoms with van der Waals surface area (Å²) in [6, 6.07) is 0.705. The van der Waals surface area contributed by atoms with E-state index in [1.54, 1.807) is 11.3 Å². The van der Waals surface area contributed by atoms with Gasteiger partial charge in [-0.2, -0.15) is 0 Å². The molecule has 4 nitrogen and oxygen atoms in total. The van der Waals surface area contributed by atoms with Crippen LogP contribution in [0.5, 0.6) is 0 Å². The number of thiazole rings is 1. The third kappa shape index (κ3) is 2.36. The summed E-state index contributed by atoms with van der Waals surface area (Å²) in [6.45, 7) is 3.25. The smallest absolute Gasteiger partial charge is 0.193 e. The van der Waals surface area contributed by atoms with Crippen molar-refractivity contribution >= 4 is 16.3 Å². The molecule has 1 aliphatic heterocycles. The topological polar surface area (TPSA) is 32.6 Å². The van der Waals surface area contributed by atoms with Gasteiger partial charge in [-0.3, -0.25) is 9.30 Å². The summed E-state index contributed by atoms with van der Waals surface area (Å²) in [6.07, 6.45) is 6.71. The Hall–Kier alpha value is -0.910. The Labute approximate surface area is 105 Å². The summed E-state index contributed by atoms with van der Waals surface area (Å²) in [7, 11) is 2.21. The fourth-order valence-corrected chi connectivity index (χ4v) is 3.20. The van der Waals surface area contributed by atoms with Crippen LogP contribution in [-0.4, -0.2) is 40.5 Å². The van der Waals surface area contributed by atoms with Gasteiger partial charge in [0.25, 0.3) is 0 Å². The Kier molecular flexibility index (Phi) is 3.13. The van der Waals surface area contributed by atoms with Crippen LogP contribution in [0.2, 0.25) is 0 Å². The molecule has 0 aromatic carbocycles. The highest BCUT2D eigenvalue weighted by Crippen LogP contribution is 2.16. The Morgan fingerprint density at radius 2 is 2.35 bits per heavy atom. The van der Waals surface area contributed by atoms with Gasteiger partial charge in [-0.05, 0) is 33.0 Å². The van der Waals surface area contributed by atoms with E-state index in [0.717, 1.165) is 24.6 Å². The molecule has 3 rings (SSSR count). The molecule has 17 heavy (non-hydrogen) atoms. The van der Waals surface area contributed by atoms with Crippen LogP contribution in [0.4, 0.5) is 0 Å². The van der Waals surface area contributed by atoms with Crippen LogP contribution in [0.25, 0.3) is 4.96 Å². The van der Waals surface area contributed by atoms with Crippen molar-refractivity contribution in [3.8, 4) is 0 Å². The number of imidazole rings is 1. The van der Waals surface area contributed by atoms with Gasteiger partial charge in [0.1, 0.15) is 0 Å². The second-order valence-corrected chi connectivity index (χ2v) is 5.59. The normalized spacial score (nSPS) is 18.2. The first kappa shape index (κ1) is 11.2. The Morgan fingerprint density at radius 3 is 3.12 bits per heavy atom. The zero-order valence-corrected chi connectivity index (χ0v) is 10.9. The number of piperidine rings is 1. The molecule has 0 spiro atoms. The van der Waals surface area contributed by atoms with Crippen LogP contribution in [-0.2, 0) is 6.54 Å². The number of hydrogen-bond donors (Lipinski definition) is 1. The standard InChI is InChI=1S/C12H18N4S/c1-15(11-2-4-13-5-3-11)8-10-9-16-6-7-17-12(16)14-10/h6-7,9,11,13H,2-5,8H2,1H3. The van der Waals surface area contributed by atoms with Gasteiger partial charge in [0.2, 0.25) is 0 Å². The zero-order valence-electron chi connectivity index (χ0n) is 10.1. The number of nitrogens with one attached hydrogen (secondary N) is 1. The molecule has 0 saturated carbocycles. The van der Waals surface area contributed by atoms with E-state index < -0.39 is 0 Å². The van der Waals surface area contributed by atoms with Gasteiger partial charge in [0, 0.05) is 30.4 Å². The average Bonchev–Trinajstić information content (AvgIpc) is 2.90. The first-order valence-corrected chi connectivity index (χ1v) is 7.03. The molecule has 0 bridgehead atoms. The molecule has 2 aromatic heterocycles. The van der Waals surface area contributed by atoms with E-state index in [4.69, 9.17) is 0 Å². The first-order chi connectivity index (χ1) is 8.33. The van der Waals surface area contributed by atoms with Gasteiger partial charge in [-0.15, -0.1) is 11.3 Å². The van der Waals surface area contributed by atoms with E-state index in [0.29, 0.717) is 6.04 Å². The van der Waals surface area contributed by atoms with E-state index in [1.807, 2.05) is 0 Å². The van der Waals surface area contributed by atoms with Crippen LogP contribution in [0.3, 0.4) is 0 Å². The van der Waals surface area contributed by atoms with Crippen molar-refractivity contribution in [1.29, 1.82) is 0 Å². The van der Waals surface area contributed by atoms with E-state index in [2.05, 4.69) is 44.4 Å². The van der Waals surface area contributed by atoms with Gasteiger partial charge in [-0.25, -0.2) is 4.98 Å². The van der Waals surface area contributed by atoms with Gasteiger partial charge in [0.05, 0.1) is 5.69 Å². The molecule has 0 aliphatic carbocycles. The summed E-state index contributed by atoms with van der Waals surface area (Å²) in [5.74, 6) is 0. The number of fused-ring (bicyclic) bond motifs is 1. The van der Waals surface area contributed by atoms with E-state index >= 15 is 0 Å². The Balaban J connectivity index is 1.67. The number of hydrogen-bond acceptors (Lipinski definition) is 4.